The van der Waals surface area contributed by atoms with E-state index in [0.29, 0.717) is 11.3 Å². The second-order valence-electron chi connectivity index (χ2n) is 8.87. The highest BCUT2D eigenvalue weighted by atomic mass is 16.1. The van der Waals surface area contributed by atoms with Crippen LogP contribution < -0.4 is 5.73 Å². The monoisotopic (exact) mass is 301 g/mol. The van der Waals surface area contributed by atoms with Crippen molar-refractivity contribution in [2.75, 3.05) is 0 Å². The second kappa shape index (κ2) is 5.11. The first kappa shape index (κ1) is 14.8. The van der Waals surface area contributed by atoms with Crippen LogP contribution >= 0.6 is 0 Å². The average Bonchev–Trinajstić information content (AvgIpc) is 2.84. The van der Waals surface area contributed by atoms with E-state index in [9.17, 15) is 4.79 Å². The Hall–Kier alpha value is -0.790. The van der Waals surface area contributed by atoms with Crippen LogP contribution in [0, 0.1) is 35.0 Å². The number of amides is 1. The highest BCUT2D eigenvalue weighted by Crippen LogP contribution is 2.63. The number of allylic oxidation sites excluding steroid dienone is 1. The molecule has 0 aromatic carbocycles. The van der Waals surface area contributed by atoms with Gasteiger partial charge in [0.25, 0.3) is 0 Å². The standard InChI is InChI=1S/C20H31NO/c1-12-14-8-9-18-15(17(14)11-16(12)19(21)22)7-6-13-5-3-4-10-20(13,18)2/h13-15,17-18H,3-11H2,1-2H3,(H2,21,22)/t13-,14+,15+,17-,18+,20+/m1/s1. The predicted octanol–water partition coefficient (Wildman–Crippen LogP) is 4.44. The van der Waals surface area contributed by atoms with Gasteiger partial charge in [0.1, 0.15) is 0 Å². The molecule has 0 heterocycles. The van der Waals surface area contributed by atoms with Gasteiger partial charge in [-0.15, -0.1) is 0 Å². The zero-order valence-electron chi connectivity index (χ0n) is 14.2. The van der Waals surface area contributed by atoms with Crippen LogP contribution in [0.15, 0.2) is 11.1 Å². The molecular weight excluding hydrogens is 270 g/mol. The third-order valence-electron chi connectivity index (χ3n) is 8.29. The Morgan fingerprint density at radius 3 is 2.68 bits per heavy atom. The normalized spacial score (nSPS) is 47.6. The summed E-state index contributed by atoms with van der Waals surface area (Å²) in [7, 11) is 0. The predicted molar refractivity (Wildman–Crippen MR) is 89.0 cm³/mol. The fraction of sp³-hybridized carbons (Fsp3) is 0.850. The zero-order valence-corrected chi connectivity index (χ0v) is 14.2. The van der Waals surface area contributed by atoms with Crippen molar-refractivity contribution < 1.29 is 4.79 Å². The van der Waals surface area contributed by atoms with Gasteiger partial charge in [-0.1, -0.05) is 25.3 Å². The third-order valence-corrected chi connectivity index (χ3v) is 8.29. The SMILES string of the molecule is CC1=C(C(N)=O)C[C@H]2[C@@H]3CC[C@H]4CCCC[C@]4(C)[C@H]3CC[C@@H]12. The van der Waals surface area contributed by atoms with E-state index >= 15 is 0 Å². The molecule has 4 aliphatic rings. The molecule has 22 heavy (non-hydrogen) atoms. The molecule has 2 heteroatoms. The minimum Gasteiger partial charge on any atom is -0.366 e. The Bertz CT molecular complexity index is 522. The van der Waals surface area contributed by atoms with Gasteiger partial charge >= 0.3 is 0 Å². The van der Waals surface area contributed by atoms with Gasteiger partial charge in [-0.05, 0) is 86.9 Å². The largest absolute Gasteiger partial charge is 0.366 e. The van der Waals surface area contributed by atoms with E-state index in [2.05, 4.69) is 13.8 Å². The minimum atomic E-state index is -0.152. The zero-order chi connectivity index (χ0) is 15.5. The third kappa shape index (κ3) is 1.95. The Balaban J connectivity index is 1.61. The molecule has 0 saturated heterocycles. The summed E-state index contributed by atoms with van der Waals surface area (Å²) in [5.41, 5.74) is 8.56. The molecule has 0 spiro atoms. The first-order valence-electron chi connectivity index (χ1n) is 9.52. The summed E-state index contributed by atoms with van der Waals surface area (Å²) in [6.45, 7) is 4.79. The lowest BCUT2D eigenvalue weighted by molar-refractivity contribution is -0.114. The van der Waals surface area contributed by atoms with Crippen molar-refractivity contribution >= 4 is 5.91 Å². The highest BCUT2D eigenvalue weighted by Gasteiger charge is 2.55. The maximum absolute atomic E-state index is 11.8. The summed E-state index contributed by atoms with van der Waals surface area (Å²) >= 11 is 0. The van der Waals surface area contributed by atoms with E-state index in [0.717, 1.165) is 35.7 Å². The quantitative estimate of drug-likeness (QED) is 0.764. The van der Waals surface area contributed by atoms with Crippen LogP contribution in [0.2, 0.25) is 0 Å². The topological polar surface area (TPSA) is 43.1 Å². The number of nitrogens with two attached hydrogens (primary N) is 1. The summed E-state index contributed by atoms with van der Waals surface area (Å²) in [5.74, 6) is 3.97. The number of carbonyl (C=O) groups is 1. The van der Waals surface area contributed by atoms with Gasteiger partial charge in [0.2, 0.25) is 5.91 Å². The molecule has 0 unspecified atom stereocenters. The molecule has 3 saturated carbocycles. The Labute approximate surface area is 134 Å². The van der Waals surface area contributed by atoms with Crippen molar-refractivity contribution in [1.29, 1.82) is 0 Å². The molecule has 4 aliphatic carbocycles. The van der Waals surface area contributed by atoms with Crippen LogP contribution in [-0.4, -0.2) is 5.91 Å². The van der Waals surface area contributed by atoms with Crippen LogP contribution in [0.25, 0.3) is 0 Å². The molecule has 0 aliphatic heterocycles. The van der Waals surface area contributed by atoms with E-state index in [1.54, 1.807) is 0 Å². The van der Waals surface area contributed by atoms with E-state index in [4.69, 9.17) is 5.73 Å². The molecule has 0 radical (unpaired) electrons. The molecule has 4 rings (SSSR count). The first-order chi connectivity index (χ1) is 10.5. The lowest BCUT2D eigenvalue weighted by Gasteiger charge is -2.58. The number of primary amides is 1. The molecule has 6 atom stereocenters. The number of fused-ring (bicyclic) bond motifs is 5. The maximum Gasteiger partial charge on any atom is 0.244 e. The smallest absolute Gasteiger partial charge is 0.244 e. The number of hydrogen-bond donors (Lipinski definition) is 1. The van der Waals surface area contributed by atoms with Gasteiger partial charge in [-0.2, -0.15) is 0 Å². The fourth-order valence-electron chi connectivity index (χ4n) is 7.15. The van der Waals surface area contributed by atoms with Gasteiger partial charge in [-0.3, -0.25) is 4.79 Å². The first-order valence-corrected chi connectivity index (χ1v) is 9.52. The van der Waals surface area contributed by atoms with Crippen molar-refractivity contribution in [2.45, 2.75) is 71.6 Å². The van der Waals surface area contributed by atoms with Crippen LogP contribution in [0.5, 0.6) is 0 Å². The van der Waals surface area contributed by atoms with Crippen molar-refractivity contribution in [3.63, 3.8) is 0 Å². The Morgan fingerprint density at radius 2 is 1.91 bits per heavy atom. The van der Waals surface area contributed by atoms with Gasteiger partial charge in [0.05, 0.1) is 0 Å². The summed E-state index contributed by atoms with van der Waals surface area (Å²) in [6.07, 6.45) is 12.3. The summed E-state index contributed by atoms with van der Waals surface area (Å²) in [6, 6.07) is 0. The molecule has 3 fully saturated rings. The molecule has 0 aromatic heterocycles. The van der Waals surface area contributed by atoms with Crippen LogP contribution in [0.4, 0.5) is 0 Å². The van der Waals surface area contributed by atoms with Crippen molar-refractivity contribution in [3.8, 4) is 0 Å². The molecule has 1 amide bonds. The molecular formula is C20H31NO. The highest BCUT2D eigenvalue weighted by molar-refractivity contribution is 5.93. The van der Waals surface area contributed by atoms with Gasteiger partial charge in [-0.25, -0.2) is 0 Å². The van der Waals surface area contributed by atoms with Crippen molar-refractivity contribution in [1.82, 2.24) is 0 Å². The summed E-state index contributed by atoms with van der Waals surface area (Å²) in [5, 5.41) is 0. The minimum absolute atomic E-state index is 0.152. The lowest BCUT2D eigenvalue weighted by Crippen LogP contribution is -2.50. The number of rotatable bonds is 1. The molecule has 2 nitrogen and oxygen atoms in total. The molecule has 0 bridgehead atoms. The van der Waals surface area contributed by atoms with E-state index in [1.165, 1.54) is 56.9 Å². The average molecular weight is 301 g/mol. The second-order valence-corrected chi connectivity index (χ2v) is 8.87. The van der Waals surface area contributed by atoms with E-state index < -0.39 is 0 Å². The Morgan fingerprint density at radius 1 is 1.09 bits per heavy atom. The maximum atomic E-state index is 11.8. The van der Waals surface area contributed by atoms with Crippen molar-refractivity contribution in [2.24, 2.45) is 40.7 Å². The molecule has 0 aromatic rings. The fourth-order valence-corrected chi connectivity index (χ4v) is 7.15. The van der Waals surface area contributed by atoms with Crippen LogP contribution in [-0.2, 0) is 4.79 Å². The van der Waals surface area contributed by atoms with Crippen LogP contribution in [0.3, 0.4) is 0 Å². The van der Waals surface area contributed by atoms with E-state index in [-0.39, 0.29) is 5.91 Å². The Kier molecular flexibility index (Phi) is 3.43. The lowest BCUT2D eigenvalue weighted by atomic mass is 9.47. The van der Waals surface area contributed by atoms with Crippen LogP contribution in [0.1, 0.15) is 71.6 Å². The number of hydrogen-bond acceptors (Lipinski definition) is 1. The van der Waals surface area contributed by atoms with E-state index in [1.807, 2.05) is 0 Å². The van der Waals surface area contributed by atoms with Gasteiger partial charge in [0.15, 0.2) is 0 Å². The van der Waals surface area contributed by atoms with Gasteiger partial charge in [0, 0.05) is 5.57 Å². The summed E-state index contributed by atoms with van der Waals surface area (Å²) in [4.78, 5) is 11.8. The molecule has 2 N–H and O–H groups in total. The molecule has 122 valence electrons. The summed E-state index contributed by atoms with van der Waals surface area (Å²) < 4.78 is 0. The van der Waals surface area contributed by atoms with Gasteiger partial charge < -0.3 is 5.73 Å². The number of carbonyl (C=O) groups excluding carboxylic acids is 1. The van der Waals surface area contributed by atoms with Crippen molar-refractivity contribution in [3.05, 3.63) is 11.1 Å².